The number of carboxylic acid groups (broad SMARTS) is 1. The second-order valence-electron chi connectivity index (χ2n) is 6.38. The van der Waals surface area contributed by atoms with Crippen molar-refractivity contribution in [3.63, 3.8) is 0 Å². The number of alkyl halides is 3. The first-order valence-electron chi connectivity index (χ1n) is 8.80. The summed E-state index contributed by atoms with van der Waals surface area (Å²) in [5, 5.41) is 20.4. The van der Waals surface area contributed by atoms with Gasteiger partial charge in [-0.15, -0.1) is 11.8 Å². The molecule has 0 bridgehead atoms. The normalized spacial score (nSPS) is 11.9. The van der Waals surface area contributed by atoms with E-state index in [0.717, 1.165) is 22.6 Å². The van der Waals surface area contributed by atoms with Gasteiger partial charge in [0.15, 0.2) is 6.61 Å². The first-order chi connectivity index (χ1) is 14.5. The smallest absolute Gasteiger partial charge is 0.417 e. The van der Waals surface area contributed by atoms with Crippen molar-refractivity contribution < 1.29 is 27.8 Å². The number of anilines is 1. The van der Waals surface area contributed by atoms with Gasteiger partial charge in [-0.25, -0.2) is 4.79 Å². The lowest BCUT2D eigenvalue weighted by Gasteiger charge is -2.11. The Morgan fingerprint density at radius 1 is 1.29 bits per heavy atom. The number of thioether (sulfide) groups is 1. The van der Waals surface area contributed by atoms with E-state index in [4.69, 9.17) is 26.9 Å². The molecule has 31 heavy (non-hydrogen) atoms. The Bertz CT molecular complexity index is 1010. The van der Waals surface area contributed by atoms with Gasteiger partial charge in [0.2, 0.25) is 0 Å². The van der Waals surface area contributed by atoms with E-state index in [1.54, 1.807) is 26.0 Å². The van der Waals surface area contributed by atoms with Crippen LogP contribution in [-0.4, -0.2) is 34.9 Å². The van der Waals surface area contributed by atoms with Gasteiger partial charge in [0.25, 0.3) is 0 Å². The van der Waals surface area contributed by atoms with Crippen LogP contribution in [0.2, 0.25) is 5.02 Å². The minimum Gasteiger partial charge on any atom is -0.482 e. The summed E-state index contributed by atoms with van der Waals surface area (Å²) in [4.78, 5) is 11.4. The van der Waals surface area contributed by atoms with Crippen LogP contribution in [0.4, 0.5) is 18.9 Å². The first kappa shape index (κ1) is 24.5. The van der Waals surface area contributed by atoms with E-state index in [2.05, 4.69) is 10.5 Å². The van der Waals surface area contributed by atoms with Gasteiger partial charge in [0, 0.05) is 10.6 Å². The van der Waals surface area contributed by atoms with E-state index < -0.39 is 29.3 Å². The molecule has 0 atom stereocenters. The standard InChI is InChI=1S/C20H19ClF3N3O3S/c1-11-7-14(4-6-18(11)30-9-19(28)29)31-10-17(25)12(2)26-27-13-3-5-15(16(21)8-13)20(22,23)24/h3-8,25,27H,9-10H2,1-2H3,(H,28,29)/b25-17?,26-12-. The largest absolute Gasteiger partial charge is 0.482 e. The number of hydrazone groups is 1. The number of rotatable bonds is 9. The number of carboxylic acids is 1. The van der Waals surface area contributed by atoms with Crippen molar-refractivity contribution in [3.05, 3.63) is 52.5 Å². The van der Waals surface area contributed by atoms with E-state index in [9.17, 15) is 18.0 Å². The fourth-order valence-electron chi connectivity index (χ4n) is 2.30. The van der Waals surface area contributed by atoms with Crippen molar-refractivity contribution in [2.75, 3.05) is 17.8 Å². The van der Waals surface area contributed by atoms with Gasteiger partial charge in [0.1, 0.15) is 5.75 Å². The summed E-state index contributed by atoms with van der Waals surface area (Å²) >= 11 is 7.06. The number of nitrogens with zero attached hydrogens (tertiary/aromatic N) is 1. The number of hydrogen-bond acceptors (Lipinski definition) is 6. The number of benzene rings is 2. The highest BCUT2D eigenvalue weighted by atomic mass is 35.5. The van der Waals surface area contributed by atoms with E-state index in [0.29, 0.717) is 17.2 Å². The lowest BCUT2D eigenvalue weighted by molar-refractivity contribution is -0.139. The number of hydrogen-bond donors (Lipinski definition) is 3. The fraction of sp³-hybridized carbons (Fsp3) is 0.250. The molecule has 0 aliphatic rings. The molecule has 0 fully saturated rings. The van der Waals surface area contributed by atoms with Crippen LogP contribution in [-0.2, 0) is 11.0 Å². The molecule has 0 saturated heterocycles. The SMILES string of the molecule is C/C(=N/Nc1ccc(C(F)(F)F)c(Cl)c1)C(=N)CSc1ccc(OCC(=O)O)c(C)c1. The number of aliphatic carboxylic acids is 1. The number of halogens is 4. The second kappa shape index (κ2) is 10.5. The molecule has 0 unspecified atom stereocenters. The van der Waals surface area contributed by atoms with Gasteiger partial charge in [-0.05, 0) is 55.8 Å². The van der Waals surface area contributed by atoms with Crippen molar-refractivity contribution in [3.8, 4) is 5.75 Å². The Kier molecular flexibility index (Phi) is 8.35. The molecule has 0 saturated carbocycles. The van der Waals surface area contributed by atoms with Crippen LogP contribution in [0.25, 0.3) is 0 Å². The predicted molar refractivity (Wildman–Crippen MR) is 116 cm³/mol. The molecule has 11 heteroatoms. The summed E-state index contributed by atoms with van der Waals surface area (Å²) in [6, 6.07) is 8.45. The van der Waals surface area contributed by atoms with Crippen LogP contribution in [0.3, 0.4) is 0 Å². The van der Waals surface area contributed by atoms with E-state index in [-0.39, 0.29) is 11.4 Å². The summed E-state index contributed by atoms with van der Waals surface area (Å²) < 4.78 is 43.4. The molecule has 3 N–H and O–H groups in total. The third kappa shape index (κ3) is 7.48. The summed E-state index contributed by atoms with van der Waals surface area (Å²) in [7, 11) is 0. The molecule has 0 aliphatic heterocycles. The van der Waals surface area contributed by atoms with Crippen molar-refractivity contribution in [2.45, 2.75) is 24.9 Å². The molecule has 0 amide bonds. The minimum absolute atomic E-state index is 0.222. The van der Waals surface area contributed by atoms with Crippen LogP contribution in [0, 0.1) is 12.3 Å². The highest BCUT2D eigenvalue weighted by molar-refractivity contribution is 8.00. The zero-order valence-electron chi connectivity index (χ0n) is 16.5. The Labute approximate surface area is 186 Å². The molecular weight excluding hydrogens is 455 g/mol. The molecule has 6 nitrogen and oxygen atoms in total. The molecule has 166 valence electrons. The number of aryl methyl sites for hydroxylation is 1. The Morgan fingerprint density at radius 2 is 2.00 bits per heavy atom. The predicted octanol–water partition coefficient (Wildman–Crippen LogP) is 5.73. The van der Waals surface area contributed by atoms with Crippen molar-refractivity contribution >= 4 is 46.4 Å². The molecule has 0 spiro atoms. The Balaban J connectivity index is 1.93. The Morgan fingerprint density at radius 3 is 2.58 bits per heavy atom. The number of ether oxygens (including phenoxy) is 1. The van der Waals surface area contributed by atoms with E-state index in [1.165, 1.54) is 17.8 Å². The summed E-state index contributed by atoms with van der Waals surface area (Å²) in [5.41, 5.74) is 3.29. The van der Waals surface area contributed by atoms with E-state index >= 15 is 0 Å². The fourth-order valence-corrected chi connectivity index (χ4v) is 3.54. The zero-order chi connectivity index (χ0) is 23.2. The number of carbonyl (C=O) groups is 1. The van der Waals surface area contributed by atoms with Gasteiger partial charge in [-0.2, -0.15) is 18.3 Å². The molecule has 0 radical (unpaired) electrons. The number of nitrogens with one attached hydrogen (secondary N) is 2. The van der Waals surface area contributed by atoms with Gasteiger partial charge in [-0.1, -0.05) is 11.6 Å². The molecule has 0 heterocycles. The topological polar surface area (TPSA) is 94.8 Å². The third-order valence-electron chi connectivity index (χ3n) is 3.94. The average Bonchev–Trinajstić information content (AvgIpc) is 2.68. The van der Waals surface area contributed by atoms with Crippen molar-refractivity contribution in [2.24, 2.45) is 5.10 Å². The van der Waals surface area contributed by atoms with Gasteiger partial charge < -0.3 is 15.3 Å². The summed E-state index contributed by atoms with van der Waals surface area (Å²) in [5.74, 6) is -0.285. The third-order valence-corrected chi connectivity index (χ3v) is 5.28. The van der Waals surface area contributed by atoms with Crippen LogP contribution in [0.5, 0.6) is 5.75 Å². The molecular formula is C20H19ClF3N3O3S. The van der Waals surface area contributed by atoms with Crippen LogP contribution < -0.4 is 10.2 Å². The maximum Gasteiger partial charge on any atom is 0.417 e. The highest BCUT2D eigenvalue weighted by Crippen LogP contribution is 2.35. The maximum absolute atomic E-state index is 12.7. The van der Waals surface area contributed by atoms with Gasteiger partial charge >= 0.3 is 12.1 Å². The van der Waals surface area contributed by atoms with Crippen LogP contribution in [0.15, 0.2) is 46.4 Å². The van der Waals surface area contributed by atoms with E-state index in [1.807, 2.05) is 6.07 Å². The minimum atomic E-state index is -4.53. The highest BCUT2D eigenvalue weighted by Gasteiger charge is 2.33. The second-order valence-corrected chi connectivity index (χ2v) is 7.83. The molecule has 0 aromatic heterocycles. The van der Waals surface area contributed by atoms with Crippen molar-refractivity contribution in [1.82, 2.24) is 0 Å². The molecule has 2 aromatic carbocycles. The lowest BCUT2D eigenvalue weighted by Crippen LogP contribution is -2.14. The lowest BCUT2D eigenvalue weighted by atomic mass is 10.2. The molecule has 2 aromatic rings. The first-order valence-corrected chi connectivity index (χ1v) is 10.2. The maximum atomic E-state index is 12.7. The van der Waals surface area contributed by atoms with Crippen molar-refractivity contribution in [1.29, 1.82) is 5.41 Å². The van der Waals surface area contributed by atoms with Gasteiger partial charge in [0.05, 0.1) is 27.7 Å². The van der Waals surface area contributed by atoms with Crippen LogP contribution >= 0.6 is 23.4 Å². The van der Waals surface area contributed by atoms with Crippen LogP contribution in [0.1, 0.15) is 18.1 Å². The molecule has 0 aliphatic carbocycles. The molecule has 2 rings (SSSR count). The summed E-state index contributed by atoms with van der Waals surface area (Å²) in [6.07, 6.45) is -4.53. The van der Waals surface area contributed by atoms with Gasteiger partial charge in [-0.3, -0.25) is 5.43 Å². The zero-order valence-corrected chi connectivity index (χ0v) is 18.1. The average molecular weight is 474 g/mol. The summed E-state index contributed by atoms with van der Waals surface area (Å²) in [6.45, 7) is 2.97. The quantitative estimate of drug-likeness (QED) is 0.245. The Hall–Kier alpha value is -2.72. The monoisotopic (exact) mass is 473 g/mol.